The molecule has 0 aliphatic heterocycles. The first kappa shape index (κ1) is 21.4. The van der Waals surface area contributed by atoms with Crippen molar-refractivity contribution in [3.05, 3.63) is 44.3 Å². The Labute approximate surface area is 171 Å². The third-order valence-corrected chi connectivity index (χ3v) is 4.96. The molecule has 0 aliphatic rings. The number of benzene rings is 1. The lowest BCUT2D eigenvalue weighted by molar-refractivity contribution is 0.0520. The predicted octanol–water partition coefficient (Wildman–Crippen LogP) is 4.31. The molecule has 0 bridgehead atoms. The van der Waals surface area contributed by atoms with Crippen LogP contribution in [-0.2, 0) is 16.0 Å². The lowest BCUT2D eigenvalue weighted by atomic mass is 10.3. The zero-order valence-electron chi connectivity index (χ0n) is 14.8. The first-order valence-electron chi connectivity index (χ1n) is 8.06. The van der Waals surface area contributed by atoms with Gasteiger partial charge >= 0.3 is 12.0 Å². The minimum atomic E-state index is -0.483. The fraction of sp³-hybridized carbons (Fsp3) is 0.353. The predicted molar refractivity (Wildman–Crippen MR) is 106 cm³/mol. The van der Waals surface area contributed by atoms with Gasteiger partial charge in [0.15, 0.2) is 5.69 Å². The Kier molecular flexibility index (Phi) is 8.30. The number of amides is 2. The third kappa shape index (κ3) is 6.35. The summed E-state index contributed by atoms with van der Waals surface area (Å²) in [6.45, 7) is 2.92. The summed E-state index contributed by atoms with van der Waals surface area (Å²) in [6.07, 6.45) is 0. The summed E-state index contributed by atoms with van der Waals surface area (Å²) in [5.41, 5.74) is 0.747. The largest absolute Gasteiger partial charge is 0.461 e. The number of esters is 1. The molecule has 0 atom stereocenters. The zero-order valence-corrected chi connectivity index (χ0v) is 17.2. The van der Waals surface area contributed by atoms with Crippen molar-refractivity contribution in [2.75, 3.05) is 32.2 Å². The van der Waals surface area contributed by atoms with E-state index in [0.717, 1.165) is 0 Å². The molecule has 0 spiro atoms. The Hall–Kier alpha value is -1.87. The minimum Gasteiger partial charge on any atom is -0.461 e. The van der Waals surface area contributed by atoms with Gasteiger partial charge in [-0.1, -0.05) is 23.2 Å². The summed E-state index contributed by atoms with van der Waals surface area (Å²) >= 11 is 13.1. The van der Waals surface area contributed by atoms with Gasteiger partial charge < -0.3 is 19.7 Å². The van der Waals surface area contributed by atoms with Crippen molar-refractivity contribution in [1.29, 1.82) is 0 Å². The Morgan fingerprint density at radius 1 is 1.30 bits per heavy atom. The van der Waals surface area contributed by atoms with E-state index in [1.807, 2.05) is 0 Å². The number of thiazole rings is 1. The molecule has 0 unspecified atom stereocenters. The fourth-order valence-corrected chi connectivity index (χ4v) is 3.15. The number of carbonyl (C=O) groups excluding carboxylic acids is 2. The van der Waals surface area contributed by atoms with Crippen molar-refractivity contribution in [3.8, 4) is 0 Å². The van der Waals surface area contributed by atoms with Crippen molar-refractivity contribution in [1.82, 2.24) is 9.88 Å². The number of carbonyl (C=O) groups is 2. The van der Waals surface area contributed by atoms with Crippen molar-refractivity contribution in [2.45, 2.75) is 13.5 Å². The summed E-state index contributed by atoms with van der Waals surface area (Å²) in [5.74, 6) is -0.483. The van der Waals surface area contributed by atoms with Gasteiger partial charge in [-0.15, -0.1) is 11.3 Å². The number of ether oxygens (including phenoxy) is 2. The Morgan fingerprint density at radius 3 is 2.74 bits per heavy atom. The van der Waals surface area contributed by atoms with Crippen LogP contribution >= 0.6 is 34.5 Å². The van der Waals surface area contributed by atoms with Gasteiger partial charge in [0.1, 0.15) is 5.01 Å². The van der Waals surface area contributed by atoms with Gasteiger partial charge in [-0.25, -0.2) is 14.6 Å². The second-order valence-corrected chi connectivity index (χ2v) is 7.08. The Bertz CT molecular complexity index is 800. The number of hydrogen-bond acceptors (Lipinski definition) is 6. The number of rotatable bonds is 8. The summed E-state index contributed by atoms with van der Waals surface area (Å²) in [6, 6.07) is 4.48. The maximum atomic E-state index is 12.6. The summed E-state index contributed by atoms with van der Waals surface area (Å²) < 4.78 is 10.00. The van der Waals surface area contributed by atoms with Gasteiger partial charge in [-0.2, -0.15) is 0 Å². The molecule has 1 aromatic heterocycles. The number of nitrogens with zero attached hydrogens (tertiary/aromatic N) is 2. The molecular weight excluding hydrogens is 413 g/mol. The van der Waals surface area contributed by atoms with E-state index in [-0.39, 0.29) is 24.9 Å². The average molecular weight is 432 g/mol. The van der Waals surface area contributed by atoms with E-state index in [2.05, 4.69) is 10.3 Å². The van der Waals surface area contributed by atoms with Crippen LogP contribution in [0.3, 0.4) is 0 Å². The molecule has 10 heteroatoms. The van der Waals surface area contributed by atoms with Gasteiger partial charge in [-0.05, 0) is 25.1 Å². The van der Waals surface area contributed by atoms with Crippen LogP contribution < -0.4 is 5.32 Å². The highest BCUT2D eigenvalue weighted by atomic mass is 35.5. The van der Waals surface area contributed by atoms with Crippen LogP contribution in [0.15, 0.2) is 23.6 Å². The molecule has 1 N–H and O–H groups in total. The Morgan fingerprint density at radius 2 is 2.07 bits per heavy atom. The molecule has 0 saturated carbocycles. The van der Waals surface area contributed by atoms with Crippen LogP contribution in [-0.4, -0.2) is 48.8 Å². The smallest absolute Gasteiger partial charge is 0.357 e. The van der Waals surface area contributed by atoms with Crippen molar-refractivity contribution >= 4 is 52.2 Å². The van der Waals surface area contributed by atoms with E-state index in [1.54, 1.807) is 37.6 Å². The van der Waals surface area contributed by atoms with Crippen molar-refractivity contribution in [2.24, 2.45) is 0 Å². The summed E-state index contributed by atoms with van der Waals surface area (Å²) in [4.78, 5) is 30.1. The standard InChI is InChI=1S/C17H19Cl2N3O4S/c1-3-26-16(23)14-10-27-15(21-14)9-22(6-7-25-2)17(24)20-11-4-5-12(18)13(19)8-11/h4-5,8,10H,3,6-7,9H2,1-2H3,(H,20,24). The van der Waals surface area contributed by atoms with Gasteiger partial charge in [0.2, 0.25) is 0 Å². The molecule has 0 aliphatic carbocycles. The number of urea groups is 1. The van der Waals surface area contributed by atoms with Gasteiger partial charge in [0, 0.05) is 24.7 Å². The molecule has 2 amide bonds. The SMILES string of the molecule is CCOC(=O)c1csc(CN(CCOC)C(=O)Nc2ccc(Cl)c(Cl)c2)n1. The van der Waals surface area contributed by atoms with E-state index < -0.39 is 5.97 Å². The van der Waals surface area contributed by atoms with E-state index >= 15 is 0 Å². The average Bonchev–Trinajstić information content (AvgIpc) is 3.10. The van der Waals surface area contributed by atoms with Crippen molar-refractivity contribution in [3.63, 3.8) is 0 Å². The van der Waals surface area contributed by atoms with Crippen LogP contribution in [0.1, 0.15) is 22.4 Å². The van der Waals surface area contributed by atoms with E-state index in [4.69, 9.17) is 32.7 Å². The number of hydrogen-bond donors (Lipinski definition) is 1. The molecule has 7 nitrogen and oxygen atoms in total. The topological polar surface area (TPSA) is 80.8 Å². The zero-order chi connectivity index (χ0) is 19.8. The van der Waals surface area contributed by atoms with Crippen LogP contribution in [0.5, 0.6) is 0 Å². The molecule has 2 rings (SSSR count). The molecule has 0 saturated heterocycles. The van der Waals surface area contributed by atoms with Crippen LogP contribution in [0, 0.1) is 0 Å². The van der Waals surface area contributed by atoms with Crippen LogP contribution in [0.4, 0.5) is 10.5 Å². The summed E-state index contributed by atoms with van der Waals surface area (Å²) in [7, 11) is 1.55. The monoisotopic (exact) mass is 431 g/mol. The third-order valence-electron chi connectivity index (χ3n) is 3.39. The second kappa shape index (κ2) is 10.5. The fourth-order valence-electron chi connectivity index (χ4n) is 2.08. The maximum Gasteiger partial charge on any atom is 0.357 e. The van der Waals surface area contributed by atoms with E-state index in [1.165, 1.54) is 16.2 Å². The van der Waals surface area contributed by atoms with Gasteiger partial charge in [0.05, 0.1) is 29.8 Å². The number of methoxy groups -OCH3 is 1. The molecule has 1 aromatic carbocycles. The van der Waals surface area contributed by atoms with E-state index in [0.29, 0.717) is 33.9 Å². The second-order valence-electron chi connectivity index (χ2n) is 5.32. The quantitative estimate of drug-likeness (QED) is 0.629. The number of aromatic nitrogens is 1. The van der Waals surface area contributed by atoms with E-state index in [9.17, 15) is 9.59 Å². The van der Waals surface area contributed by atoms with Gasteiger partial charge in [-0.3, -0.25) is 0 Å². The summed E-state index contributed by atoms with van der Waals surface area (Å²) in [5, 5.41) is 5.73. The lowest BCUT2D eigenvalue weighted by Crippen LogP contribution is -2.36. The Balaban J connectivity index is 2.08. The molecular formula is C17H19Cl2N3O4S. The first-order chi connectivity index (χ1) is 12.9. The molecule has 1 heterocycles. The molecule has 2 aromatic rings. The van der Waals surface area contributed by atoms with Crippen LogP contribution in [0.2, 0.25) is 10.0 Å². The maximum absolute atomic E-state index is 12.6. The number of halogens is 2. The highest BCUT2D eigenvalue weighted by Crippen LogP contribution is 2.25. The number of nitrogens with one attached hydrogen (secondary N) is 1. The molecule has 0 fully saturated rings. The molecule has 0 radical (unpaired) electrons. The number of anilines is 1. The lowest BCUT2D eigenvalue weighted by Gasteiger charge is -2.22. The van der Waals surface area contributed by atoms with Gasteiger partial charge in [0.25, 0.3) is 0 Å². The van der Waals surface area contributed by atoms with Crippen LogP contribution in [0.25, 0.3) is 0 Å². The normalized spacial score (nSPS) is 10.5. The first-order valence-corrected chi connectivity index (χ1v) is 9.69. The van der Waals surface area contributed by atoms with Crippen molar-refractivity contribution < 1.29 is 19.1 Å². The molecule has 27 heavy (non-hydrogen) atoms. The molecule has 146 valence electrons. The highest BCUT2D eigenvalue weighted by molar-refractivity contribution is 7.09. The highest BCUT2D eigenvalue weighted by Gasteiger charge is 2.18. The minimum absolute atomic E-state index is 0.223.